The molecule has 1 unspecified atom stereocenters. The molecule has 1 aliphatic rings. The van der Waals surface area contributed by atoms with Crippen LogP contribution in [0.15, 0.2) is 23.8 Å². The van der Waals surface area contributed by atoms with Crippen molar-refractivity contribution in [1.82, 2.24) is 23.9 Å². The standard InChI is InChI=1S/C20H25N5O3S/c1-20(2,3)28-19(26)24-7-5-6-13(11-24)16-8-17(27-4)25-18(23-16)15(10-21-25)14-9-22-29-12-14/h8-10,12-13H,5-7,11H2,1-4H3. The van der Waals surface area contributed by atoms with Crippen molar-refractivity contribution >= 4 is 23.3 Å². The molecule has 0 N–H and O–H groups in total. The van der Waals surface area contributed by atoms with Crippen LogP contribution >= 0.6 is 11.5 Å². The Bertz CT molecular complexity index is 1010. The van der Waals surface area contributed by atoms with Crippen LogP contribution in [-0.4, -0.2) is 55.8 Å². The number of carbonyl (C=O) groups is 1. The number of ether oxygens (including phenoxy) is 2. The second kappa shape index (κ2) is 7.62. The molecule has 1 aliphatic heterocycles. The van der Waals surface area contributed by atoms with E-state index in [1.807, 2.05) is 38.4 Å². The van der Waals surface area contributed by atoms with Crippen molar-refractivity contribution in [2.75, 3.05) is 20.2 Å². The van der Waals surface area contributed by atoms with Gasteiger partial charge in [0.25, 0.3) is 0 Å². The molecule has 0 spiro atoms. The van der Waals surface area contributed by atoms with Crippen molar-refractivity contribution in [1.29, 1.82) is 0 Å². The van der Waals surface area contributed by atoms with E-state index in [4.69, 9.17) is 14.5 Å². The third kappa shape index (κ3) is 4.05. The van der Waals surface area contributed by atoms with Crippen molar-refractivity contribution in [2.24, 2.45) is 0 Å². The summed E-state index contributed by atoms with van der Waals surface area (Å²) in [6.07, 6.45) is 5.18. The van der Waals surface area contributed by atoms with Gasteiger partial charge in [-0.25, -0.2) is 14.2 Å². The highest BCUT2D eigenvalue weighted by Crippen LogP contribution is 2.32. The summed E-state index contributed by atoms with van der Waals surface area (Å²) in [5.74, 6) is 0.729. The molecule has 0 saturated carbocycles. The number of nitrogens with zero attached hydrogens (tertiary/aromatic N) is 5. The molecular formula is C20H25N5O3S. The minimum atomic E-state index is -0.508. The molecule has 1 saturated heterocycles. The number of hydrogen-bond donors (Lipinski definition) is 0. The van der Waals surface area contributed by atoms with Crippen LogP contribution in [0.4, 0.5) is 4.79 Å². The van der Waals surface area contributed by atoms with Crippen LogP contribution in [-0.2, 0) is 4.74 Å². The molecule has 0 radical (unpaired) electrons. The number of fused-ring (bicyclic) bond motifs is 1. The highest BCUT2D eigenvalue weighted by Gasteiger charge is 2.30. The van der Waals surface area contributed by atoms with Gasteiger partial charge in [0.05, 0.1) is 19.0 Å². The molecule has 0 bridgehead atoms. The maximum atomic E-state index is 12.5. The Morgan fingerprint density at radius 3 is 2.83 bits per heavy atom. The predicted molar refractivity (Wildman–Crippen MR) is 110 cm³/mol. The summed E-state index contributed by atoms with van der Waals surface area (Å²) in [5.41, 5.74) is 3.02. The van der Waals surface area contributed by atoms with Gasteiger partial charge >= 0.3 is 6.09 Å². The number of aromatic nitrogens is 4. The molecule has 1 atom stereocenters. The van der Waals surface area contributed by atoms with Gasteiger partial charge in [-0.15, -0.1) is 0 Å². The van der Waals surface area contributed by atoms with E-state index in [0.717, 1.165) is 35.3 Å². The Morgan fingerprint density at radius 1 is 1.31 bits per heavy atom. The quantitative estimate of drug-likeness (QED) is 0.644. The lowest BCUT2D eigenvalue weighted by Crippen LogP contribution is -2.42. The topological polar surface area (TPSA) is 81.8 Å². The monoisotopic (exact) mass is 415 g/mol. The van der Waals surface area contributed by atoms with Crippen molar-refractivity contribution in [3.63, 3.8) is 0 Å². The fourth-order valence-electron chi connectivity index (χ4n) is 3.56. The Labute approximate surface area is 173 Å². The van der Waals surface area contributed by atoms with Gasteiger partial charge in [0.1, 0.15) is 5.60 Å². The predicted octanol–water partition coefficient (Wildman–Crippen LogP) is 3.98. The van der Waals surface area contributed by atoms with Gasteiger partial charge in [0.15, 0.2) is 5.65 Å². The average Bonchev–Trinajstić information content (AvgIpc) is 3.35. The summed E-state index contributed by atoms with van der Waals surface area (Å²) in [4.78, 5) is 19.2. The van der Waals surface area contributed by atoms with E-state index in [1.54, 1.807) is 22.7 Å². The third-order valence-corrected chi connectivity index (χ3v) is 5.49. The van der Waals surface area contributed by atoms with E-state index in [9.17, 15) is 4.79 Å². The Hall–Kier alpha value is -2.68. The number of amides is 1. The van der Waals surface area contributed by atoms with Crippen LogP contribution in [0.25, 0.3) is 16.8 Å². The second-order valence-electron chi connectivity index (χ2n) is 8.20. The molecular weight excluding hydrogens is 390 g/mol. The van der Waals surface area contributed by atoms with E-state index in [-0.39, 0.29) is 12.0 Å². The van der Waals surface area contributed by atoms with Crippen molar-refractivity contribution in [2.45, 2.75) is 45.1 Å². The SMILES string of the molecule is COc1cc(C2CCCN(C(=O)OC(C)(C)C)C2)nc2c(-c3cnsc3)cnn12. The zero-order chi connectivity index (χ0) is 20.6. The molecule has 3 aromatic heterocycles. The van der Waals surface area contributed by atoms with Crippen LogP contribution in [0, 0.1) is 0 Å². The zero-order valence-corrected chi connectivity index (χ0v) is 17.9. The second-order valence-corrected chi connectivity index (χ2v) is 8.85. The number of piperidine rings is 1. The van der Waals surface area contributed by atoms with E-state index in [2.05, 4.69) is 9.47 Å². The first-order valence-corrected chi connectivity index (χ1v) is 10.5. The highest BCUT2D eigenvalue weighted by molar-refractivity contribution is 7.03. The number of rotatable bonds is 3. The number of carbonyl (C=O) groups excluding carboxylic acids is 1. The lowest BCUT2D eigenvalue weighted by molar-refractivity contribution is 0.0197. The van der Waals surface area contributed by atoms with Crippen molar-refractivity contribution in [3.05, 3.63) is 29.5 Å². The van der Waals surface area contributed by atoms with E-state index in [1.165, 1.54) is 11.5 Å². The third-order valence-electron chi connectivity index (χ3n) is 4.90. The fourth-order valence-corrected chi connectivity index (χ4v) is 4.10. The van der Waals surface area contributed by atoms with E-state index in [0.29, 0.717) is 19.0 Å². The Morgan fingerprint density at radius 2 is 2.14 bits per heavy atom. The zero-order valence-electron chi connectivity index (χ0n) is 17.1. The average molecular weight is 416 g/mol. The lowest BCUT2D eigenvalue weighted by Gasteiger charge is -2.34. The van der Waals surface area contributed by atoms with E-state index < -0.39 is 5.60 Å². The molecule has 0 aromatic carbocycles. The van der Waals surface area contributed by atoms with Crippen molar-refractivity contribution in [3.8, 4) is 17.0 Å². The van der Waals surface area contributed by atoms with Gasteiger partial charge in [-0.05, 0) is 45.1 Å². The molecule has 9 heteroatoms. The molecule has 29 heavy (non-hydrogen) atoms. The minimum Gasteiger partial charge on any atom is -0.481 e. The molecule has 4 rings (SSSR count). The first-order valence-electron chi connectivity index (χ1n) is 9.66. The van der Waals surface area contributed by atoms with Gasteiger partial charge in [-0.3, -0.25) is 0 Å². The van der Waals surface area contributed by atoms with Gasteiger partial charge in [0, 0.05) is 47.8 Å². The maximum Gasteiger partial charge on any atom is 0.410 e. The molecule has 8 nitrogen and oxygen atoms in total. The molecule has 1 amide bonds. The smallest absolute Gasteiger partial charge is 0.410 e. The highest BCUT2D eigenvalue weighted by atomic mass is 32.1. The first-order chi connectivity index (χ1) is 13.9. The molecule has 1 fully saturated rings. The van der Waals surface area contributed by atoms with Gasteiger partial charge in [-0.1, -0.05) is 0 Å². The summed E-state index contributed by atoms with van der Waals surface area (Å²) < 4.78 is 17.0. The minimum absolute atomic E-state index is 0.110. The van der Waals surface area contributed by atoms with Crippen LogP contribution < -0.4 is 4.74 Å². The van der Waals surface area contributed by atoms with Gasteiger partial charge in [-0.2, -0.15) is 9.61 Å². The van der Waals surface area contributed by atoms with Gasteiger partial charge in [0.2, 0.25) is 5.88 Å². The normalized spacial score (nSPS) is 17.5. The molecule has 154 valence electrons. The first kappa shape index (κ1) is 19.6. The molecule has 0 aliphatic carbocycles. The van der Waals surface area contributed by atoms with Crippen LogP contribution in [0.2, 0.25) is 0 Å². The Kier molecular flexibility index (Phi) is 5.16. The Balaban J connectivity index is 1.66. The van der Waals surface area contributed by atoms with Crippen LogP contribution in [0.1, 0.15) is 45.2 Å². The molecule has 3 aromatic rings. The summed E-state index contributed by atoms with van der Waals surface area (Å²) in [7, 11) is 1.62. The van der Waals surface area contributed by atoms with Crippen LogP contribution in [0.5, 0.6) is 5.88 Å². The van der Waals surface area contributed by atoms with Crippen molar-refractivity contribution < 1.29 is 14.3 Å². The molecule has 4 heterocycles. The number of methoxy groups -OCH3 is 1. The maximum absolute atomic E-state index is 12.5. The van der Waals surface area contributed by atoms with Crippen LogP contribution in [0.3, 0.4) is 0 Å². The lowest BCUT2D eigenvalue weighted by atomic mass is 9.94. The summed E-state index contributed by atoms with van der Waals surface area (Å²) in [5, 5.41) is 6.41. The number of likely N-dealkylation sites (tertiary alicyclic amines) is 1. The van der Waals surface area contributed by atoms with E-state index >= 15 is 0 Å². The summed E-state index contributed by atoms with van der Waals surface area (Å²) in [6, 6.07) is 1.92. The largest absolute Gasteiger partial charge is 0.481 e. The summed E-state index contributed by atoms with van der Waals surface area (Å²) >= 11 is 1.39. The number of hydrogen-bond acceptors (Lipinski definition) is 7. The van der Waals surface area contributed by atoms with Gasteiger partial charge < -0.3 is 14.4 Å². The summed E-state index contributed by atoms with van der Waals surface area (Å²) in [6.45, 7) is 6.92. The fraction of sp³-hybridized carbons (Fsp3) is 0.500.